The Morgan fingerprint density at radius 2 is 2.29 bits per heavy atom. The maximum atomic E-state index is 12.2. The first-order chi connectivity index (χ1) is 11.6. The van der Waals surface area contributed by atoms with Crippen LogP contribution >= 0.6 is 11.6 Å². The smallest absolute Gasteiger partial charge is 0.238 e. The highest BCUT2D eigenvalue weighted by atomic mass is 35.5. The molecule has 0 aliphatic carbocycles. The maximum Gasteiger partial charge on any atom is 0.238 e. The first-order valence-electron chi connectivity index (χ1n) is 7.34. The third-order valence-corrected chi connectivity index (χ3v) is 3.67. The lowest BCUT2D eigenvalue weighted by Crippen LogP contribution is -2.30. The average Bonchev–Trinajstić information content (AvgIpc) is 3.26. The second-order valence-electron chi connectivity index (χ2n) is 5.17. The number of benzene rings is 1. The number of halogens is 1. The van der Waals surface area contributed by atoms with Crippen molar-refractivity contribution in [1.82, 2.24) is 20.1 Å². The molecule has 124 valence electrons. The number of carbonyl (C=O) groups excluding carboxylic acids is 1. The number of hydrogen-bond acceptors (Lipinski definition) is 5. The summed E-state index contributed by atoms with van der Waals surface area (Å²) in [5.74, 6) is 0.575. The van der Waals surface area contributed by atoms with Gasteiger partial charge in [0, 0.05) is 5.02 Å². The molecule has 2 heterocycles. The van der Waals surface area contributed by atoms with E-state index < -0.39 is 0 Å². The van der Waals surface area contributed by atoms with Crippen LogP contribution in [0.3, 0.4) is 0 Å². The highest BCUT2D eigenvalue weighted by Crippen LogP contribution is 2.23. The lowest BCUT2D eigenvalue weighted by atomic mass is 10.2. The summed E-state index contributed by atoms with van der Waals surface area (Å²) in [6.45, 7) is 2.05. The van der Waals surface area contributed by atoms with Gasteiger partial charge in [0.05, 0.1) is 30.2 Å². The molecule has 1 aromatic carbocycles. The number of anilines is 1. The molecule has 7 nitrogen and oxygen atoms in total. The number of hydrogen-bond donors (Lipinski definition) is 2. The molecule has 3 rings (SSSR count). The van der Waals surface area contributed by atoms with Crippen LogP contribution in [0, 0.1) is 0 Å². The van der Waals surface area contributed by atoms with E-state index in [0.29, 0.717) is 16.4 Å². The third kappa shape index (κ3) is 3.81. The first kappa shape index (κ1) is 16.2. The molecule has 0 aliphatic heterocycles. The van der Waals surface area contributed by atoms with E-state index in [1.807, 2.05) is 19.1 Å². The Morgan fingerprint density at radius 1 is 1.42 bits per heavy atom. The minimum absolute atomic E-state index is 0.0695. The molecular weight excluding hydrogens is 330 g/mol. The van der Waals surface area contributed by atoms with Crippen molar-refractivity contribution in [3.05, 3.63) is 60.0 Å². The van der Waals surface area contributed by atoms with Crippen molar-refractivity contribution < 1.29 is 9.21 Å². The van der Waals surface area contributed by atoms with E-state index in [0.717, 1.165) is 5.76 Å². The molecule has 0 saturated heterocycles. The molecule has 24 heavy (non-hydrogen) atoms. The van der Waals surface area contributed by atoms with Crippen molar-refractivity contribution in [2.45, 2.75) is 13.0 Å². The standard InChI is InChI=1S/C16H16ClN5O2/c1-11(15-3-2-6-24-15)19-8-16(23)21-13-7-12(17)4-5-14(13)22-10-18-9-20-22/h2-7,9-11,19H,8H2,1H3,(H,21,23)/t11-/m0/s1. The molecule has 0 spiro atoms. The predicted molar refractivity (Wildman–Crippen MR) is 90.1 cm³/mol. The van der Waals surface area contributed by atoms with Gasteiger partial charge in [0.2, 0.25) is 5.91 Å². The fourth-order valence-corrected chi connectivity index (χ4v) is 2.39. The van der Waals surface area contributed by atoms with Crippen LogP contribution in [-0.4, -0.2) is 27.2 Å². The molecular formula is C16H16ClN5O2. The largest absolute Gasteiger partial charge is 0.468 e. The Balaban J connectivity index is 1.67. The Bertz CT molecular complexity index is 802. The van der Waals surface area contributed by atoms with Crippen molar-refractivity contribution in [2.75, 3.05) is 11.9 Å². The summed E-state index contributed by atoms with van der Waals surface area (Å²) >= 11 is 6.03. The van der Waals surface area contributed by atoms with Gasteiger partial charge in [-0.15, -0.1) is 0 Å². The summed E-state index contributed by atoms with van der Waals surface area (Å²) in [4.78, 5) is 16.1. The first-order valence-corrected chi connectivity index (χ1v) is 7.72. The van der Waals surface area contributed by atoms with Crippen LogP contribution in [0.5, 0.6) is 0 Å². The van der Waals surface area contributed by atoms with Crippen LogP contribution in [0.1, 0.15) is 18.7 Å². The van der Waals surface area contributed by atoms with Gasteiger partial charge in [0.1, 0.15) is 18.4 Å². The fourth-order valence-electron chi connectivity index (χ4n) is 2.22. The van der Waals surface area contributed by atoms with Gasteiger partial charge in [-0.05, 0) is 37.3 Å². The Hall–Kier alpha value is -2.64. The SMILES string of the molecule is C[C@H](NCC(=O)Nc1cc(Cl)ccc1-n1cncn1)c1ccco1. The van der Waals surface area contributed by atoms with Crippen molar-refractivity contribution in [3.63, 3.8) is 0 Å². The topological polar surface area (TPSA) is 85.0 Å². The maximum absolute atomic E-state index is 12.2. The Morgan fingerprint density at radius 3 is 3.00 bits per heavy atom. The third-order valence-electron chi connectivity index (χ3n) is 3.44. The monoisotopic (exact) mass is 345 g/mol. The van der Waals surface area contributed by atoms with Crippen LogP contribution in [0.2, 0.25) is 5.02 Å². The molecule has 2 aromatic heterocycles. The van der Waals surface area contributed by atoms with Gasteiger partial charge < -0.3 is 9.73 Å². The highest BCUT2D eigenvalue weighted by molar-refractivity contribution is 6.31. The molecule has 2 N–H and O–H groups in total. The lowest BCUT2D eigenvalue weighted by molar-refractivity contribution is -0.115. The zero-order chi connectivity index (χ0) is 16.9. The summed E-state index contributed by atoms with van der Waals surface area (Å²) in [7, 11) is 0. The molecule has 0 fully saturated rings. The van der Waals surface area contributed by atoms with Gasteiger partial charge in [0.15, 0.2) is 0 Å². The fraction of sp³-hybridized carbons (Fsp3) is 0.188. The van der Waals surface area contributed by atoms with E-state index in [2.05, 4.69) is 20.7 Å². The zero-order valence-corrected chi connectivity index (χ0v) is 13.7. The van der Waals surface area contributed by atoms with Crippen molar-refractivity contribution in [3.8, 4) is 5.69 Å². The van der Waals surface area contributed by atoms with Gasteiger partial charge in [0.25, 0.3) is 0 Å². The van der Waals surface area contributed by atoms with Gasteiger partial charge in [-0.3, -0.25) is 10.1 Å². The molecule has 1 amide bonds. The second kappa shape index (κ2) is 7.29. The summed E-state index contributed by atoms with van der Waals surface area (Å²) in [5, 5.41) is 10.5. The summed E-state index contributed by atoms with van der Waals surface area (Å²) < 4.78 is 6.86. The molecule has 0 bridgehead atoms. The molecule has 0 unspecified atom stereocenters. The van der Waals surface area contributed by atoms with E-state index in [1.165, 1.54) is 6.33 Å². The van der Waals surface area contributed by atoms with E-state index in [-0.39, 0.29) is 18.5 Å². The van der Waals surface area contributed by atoms with Gasteiger partial charge in [-0.2, -0.15) is 5.10 Å². The van der Waals surface area contributed by atoms with Crippen LogP contribution in [0.25, 0.3) is 5.69 Å². The van der Waals surface area contributed by atoms with E-state index in [9.17, 15) is 4.79 Å². The summed E-state index contributed by atoms with van der Waals surface area (Å²) in [6.07, 6.45) is 4.58. The number of amides is 1. The number of nitrogens with zero attached hydrogens (tertiary/aromatic N) is 3. The van der Waals surface area contributed by atoms with E-state index in [4.69, 9.17) is 16.0 Å². The van der Waals surface area contributed by atoms with Crippen molar-refractivity contribution >= 4 is 23.2 Å². The number of aromatic nitrogens is 3. The Labute approximate surface area is 143 Å². The number of furan rings is 1. The van der Waals surface area contributed by atoms with Gasteiger partial charge in [-0.25, -0.2) is 9.67 Å². The molecule has 1 atom stereocenters. The number of carbonyl (C=O) groups is 1. The number of rotatable bonds is 6. The average molecular weight is 346 g/mol. The van der Waals surface area contributed by atoms with Crippen LogP contribution in [0.15, 0.2) is 53.7 Å². The van der Waals surface area contributed by atoms with Gasteiger partial charge in [-0.1, -0.05) is 11.6 Å². The molecule has 0 aliphatic rings. The van der Waals surface area contributed by atoms with Crippen LogP contribution in [-0.2, 0) is 4.79 Å². The normalized spacial score (nSPS) is 12.1. The predicted octanol–water partition coefficient (Wildman–Crippen LogP) is 2.80. The summed E-state index contributed by atoms with van der Waals surface area (Å²) in [6, 6.07) is 8.77. The quantitative estimate of drug-likeness (QED) is 0.717. The molecule has 8 heteroatoms. The van der Waals surface area contributed by atoms with Gasteiger partial charge >= 0.3 is 0 Å². The second-order valence-corrected chi connectivity index (χ2v) is 5.60. The summed E-state index contributed by atoms with van der Waals surface area (Å²) in [5.41, 5.74) is 1.25. The number of nitrogens with one attached hydrogen (secondary N) is 2. The molecule has 0 radical (unpaired) electrons. The highest BCUT2D eigenvalue weighted by Gasteiger charge is 2.13. The van der Waals surface area contributed by atoms with Crippen LogP contribution < -0.4 is 10.6 Å². The van der Waals surface area contributed by atoms with Crippen molar-refractivity contribution in [1.29, 1.82) is 0 Å². The van der Waals surface area contributed by atoms with E-state index >= 15 is 0 Å². The Kier molecular flexibility index (Phi) is 4.93. The molecule has 3 aromatic rings. The van der Waals surface area contributed by atoms with E-state index in [1.54, 1.807) is 35.5 Å². The van der Waals surface area contributed by atoms with Crippen LogP contribution in [0.4, 0.5) is 5.69 Å². The molecule has 0 saturated carbocycles. The zero-order valence-electron chi connectivity index (χ0n) is 12.9. The minimum Gasteiger partial charge on any atom is -0.468 e. The lowest BCUT2D eigenvalue weighted by Gasteiger charge is -2.14. The van der Waals surface area contributed by atoms with Crippen molar-refractivity contribution in [2.24, 2.45) is 0 Å². The minimum atomic E-state index is -0.197.